The maximum Gasteiger partial charge on any atom is 0.264 e. The van der Waals surface area contributed by atoms with E-state index in [2.05, 4.69) is 19.2 Å². The Kier molecular flexibility index (Phi) is 6.44. The molecule has 162 valence electrons. The molecule has 0 aromatic heterocycles. The van der Waals surface area contributed by atoms with Gasteiger partial charge in [-0.05, 0) is 60.2 Å². The maximum atomic E-state index is 13.0. The SMILES string of the molecule is C[C@@H]1[C@H](C)CCC[C@@H]1NC(=O)c1ccc2c(c1)N(C)C(=O)/C(=C/c1cccc(Cl)c1)S2. The molecule has 3 atom stereocenters. The standard InChI is InChI=1S/C25H27ClN2O2S/c1-15-6-4-9-20(16(15)2)27-24(29)18-10-11-22-21(14-18)28(3)25(30)23(31-22)13-17-7-5-8-19(26)12-17/h5,7-8,10-16,20H,4,6,9H2,1-3H3,(H,27,29)/b23-13-/t15-,16-,20+/m1/s1. The lowest BCUT2D eigenvalue weighted by Gasteiger charge is -2.34. The second kappa shape index (κ2) is 9.09. The van der Waals surface area contributed by atoms with Crippen molar-refractivity contribution >= 4 is 46.9 Å². The van der Waals surface area contributed by atoms with E-state index < -0.39 is 0 Å². The topological polar surface area (TPSA) is 49.4 Å². The molecule has 31 heavy (non-hydrogen) atoms. The van der Waals surface area contributed by atoms with Crippen molar-refractivity contribution in [1.29, 1.82) is 0 Å². The third-order valence-electron chi connectivity index (χ3n) is 6.49. The molecule has 1 saturated carbocycles. The van der Waals surface area contributed by atoms with Gasteiger partial charge in [0.15, 0.2) is 0 Å². The molecule has 6 heteroatoms. The molecule has 1 heterocycles. The predicted octanol–water partition coefficient (Wildman–Crippen LogP) is 6.00. The number of hydrogen-bond acceptors (Lipinski definition) is 3. The van der Waals surface area contributed by atoms with Crippen LogP contribution >= 0.6 is 23.4 Å². The van der Waals surface area contributed by atoms with Crippen molar-refractivity contribution in [2.24, 2.45) is 11.8 Å². The summed E-state index contributed by atoms with van der Waals surface area (Å²) in [7, 11) is 1.75. The first kappa shape index (κ1) is 22.0. The first-order valence-electron chi connectivity index (χ1n) is 10.7. The Labute approximate surface area is 193 Å². The first-order chi connectivity index (χ1) is 14.8. The number of hydrogen-bond donors (Lipinski definition) is 1. The van der Waals surface area contributed by atoms with Gasteiger partial charge in [0, 0.05) is 28.6 Å². The number of likely N-dealkylation sites (N-methyl/N-ethyl adjacent to an activating group) is 1. The lowest BCUT2D eigenvalue weighted by atomic mass is 9.78. The number of carbonyl (C=O) groups excluding carboxylic acids is 2. The molecule has 0 saturated heterocycles. The summed E-state index contributed by atoms with van der Waals surface area (Å²) in [6, 6.07) is 13.2. The summed E-state index contributed by atoms with van der Waals surface area (Å²) in [5.74, 6) is 0.923. The number of rotatable bonds is 3. The summed E-state index contributed by atoms with van der Waals surface area (Å²) in [5.41, 5.74) is 2.23. The minimum atomic E-state index is -0.0928. The Bertz CT molecular complexity index is 1050. The fraction of sp³-hybridized carbons (Fsp3) is 0.360. The molecule has 2 amide bonds. The van der Waals surface area contributed by atoms with Gasteiger partial charge in [0.2, 0.25) is 0 Å². The van der Waals surface area contributed by atoms with E-state index in [-0.39, 0.29) is 17.9 Å². The number of nitrogens with one attached hydrogen (secondary N) is 1. The zero-order valence-electron chi connectivity index (χ0n) is 18.0. The van der Waals surface area contributed by atoms with Gasteiger partial charge < -0.3 is 10.2 Å². The van der Waals surface area contributed by atoms with Crippen LogP contribution < -0.4 is 10.2 Å². The van der Waals surface area contributed by atoms with E-state index in [9.17, 15) is 9.59 Å². The quantitative estimate of drug-likeness (QED) is 0.578. The summed E-state index contributed by atoms with van der Waals surface area (Å²) >= 11 is 7.49. The number of carbonyl (C=O) groups is 2. The fourth-order valence-electron chi connectivity index (χ4n) is 4.32. The van der Waals surface area contributed by atoms with Crippen LogP contribution in [-0.4, -0.2) is 24.9 Å². The second-order valence-corrected chi connectivity index (χ2v) is 10.1. The van der Waals surface area contributed by atoms with Crippen LogP contribution in [0.2, 0.25) is 5.02 Å². The van der Waals surface area contributed by atoms with Crippen LogP contribution in [0, 0.1) is 11.8 Å². The Morgan fingerprint density at radius 2 is 2.00 bits per heavy atom. The third-order valence-corrected chi connectivity index (χ3v) is 7.80. The highest BCUT2D eigenvalue weighted by molar-refractivity contribution is 8.04. The van der Waals surface area contributed by atoms with E-state index >= 15 is 0 Å². The minimum Gasteiger partial charge on any atom is -0.349 e. The van der Waals surface area contributed by atoms with Crippen molar-refractivity contribution < 1.29 is 9.59 Å². The van der Waals surface area contributed by atoms with Gasteiger partial charge in [-0.1, -0.05) is 62.2 Å². The van der Waals surface area contributed by atoms with Crippen LogP contribution in [0.25, 0.3) is 6.08 Å². The van der Waals surface area contributed by atoms with Gasteiger partial charge in [-0.15, -0.1) is 0 Å². The summed E-state index contributed by atoms with van der Waals surface area (Å²) in [5, 5.41) is 3.85. The van der Waals surface area contributed by atoms with Crippen LogP contribution in [0.1, 0.15) is 49.0 Å². The molecule has 0 spiro atoms. The molecule has 1 aliphatic carbocycles. The van der Waals surface area contributed by atoms with E-state index in [1.165, 1.54) is 18.2 Å². The molecule has 4 rings (SSSR count). The Hall–Kier alpha value is -2.24. The van der Waals surface area contributed by atoms with Crippen molar-refractivity contribution in [2.75, 3.05) is 11.9 Å². The highest BCUT2D eigenvalue weighted by atomic mass is 35.5. The molecule has 1 N–H and O–H groups in total. The highest BCUT2D eigenvalue weighted by Crippen LogP contribution is 2.42. The Morgan fingerprint density at radius 1 is 1.19 bits per heavy atom. The molecule has 0 radical (unpaired) electrons. The molecular formula is C25H27ClN2O2S. The van der Waals surface area contributed by atoms with Gasteiger partial charge in [0.1, 0.15) is 0 Å². The summed E-state index contributed by atoms with van der Waals surface area (Å²) in [6.45, 7) is 4.48. The van der Waals surface area contributed by atoms with E-state index in [0.717, 1.165) is 29.0 Å². The fourth-order valence-corrected chi connectivity index (χ4v) is 5.61. The highest BCUT2D eigenvalue weighted by Gasteiger charge is 2.30. The van der Waals surface area contributed by atoms with Gasteiger partial charge in [-0.2, -0.15) is 0 Å². The second-order valence-electron chi connectivity index (χ2n) is 8.56. The zero-order chi connectivity index (χ0) is 22.1. The van der Waals surface area contributed by atoms with Crippen molar-refractivity contribution in [1.82, 2.24) is 5.32 Å². The minimum absolute atomic E-state index is 0.0696. The number of fused-ring (bicyclic) bond motifs is 1. The molecule has 2 aromatic carbocycles. The summed E-state index contributed by atoms with van der Waals surface area (Å²) in [6.07, 6.45) is 5.25. The number of halogens is 1. The monoisotopic (exact) mass is 454 g/mol. The van der Waals surface area contributed by atoms with Crippen molar-refractivity contribution in [3.05, 3.63) is 63.5 Å². The molecule has 2 aromatic rings. The van der Waals surface area contributed by atoms with E-state index in [1.807, 2.05) is 48.5 Å². The van der Waals surface area contributed by atoms with Gasteiger partial charge in [-0.3, -0.25) is 9.59 Å². The molecule has 0 bridgehead atoms. The third kappa shape index (κ3) is 4.68. The number of amides is 2. The van der Waals surface area contributed by atoms with Crippen molar-refractivity contribution in [3.8, 4) is 0 Å². The molecule has 4 nitrogen and oxygen atoms in total. The molecule has 1 aliphatic heterocycles. The van der Waals surface area contributed by atoms with E-state index in [1.54, 1.807) is 11.9 Å². The van der Waals surface area contributed by atoms with Crippen LogP contribution in [0.5, 0.6) is 0 Å². The smallest absolute Gasteiger partial charge is 0.264 e. The van der Waals surface area contributed by atoms with E-state index in [0.29, 0.717) is 27.3 Å². The van der Waals surface area contributed by atoms with E-state index in [4.69, 9.17) is 11.6 Å². The number of benzene rings is 2. The van der Waals surface area contributed by atoms with Gasteiger partial charge in [-0.25, -0.2) is 0 Å². The molecule has 2 aliphatic rings. The average molecular weight is 455 g/mol. The molecule has 0 unspecified atom stereocenters. The average Bonchev–Trinajstić information content (AvgIpc) is 2.75. The Morgan fingerprint density at radius 3 is 2.77 bits per heavy atom. The zero-order valence-corrected chi connectivity index (χ0v) is 19.6. The van der Waals surface area contributed by atoms with Gasteiger partial charge >= 0.3 is 0 Å². The normalized spacial score (nSPS) is 24.8. The van der Waals surface area contributed by atoms with Crippen molar-refractivity contribution in [3.63, 3.8) is 0 Å². The Balaban J connectivity index is 1.55. The first-order valence-corrected chi connectivity index (χ1v) is 11.9. The lowest BCUT2D eigenvalue weighted by molar-refractivity contribution is -0.114. The summed E-state index contributed by atoms with van der Waals surface area (Å²) in [4.78, 5) is 29.1. The summed E-state index contributed by atoms with van der Waals surface area (Å²) < 4.78 is 0. The van der Waals surface area contributed by atoms with Gasteiger partial charge in [0.25, 0.3) is 11.8 Å². The maximum absolute atomic E-state index is 13.0. The number of thioether (sulfide) groups is 1. The number of anilines is 1. The van der Waals surface area contributed by atoms with Crippen LogP contribution in [0.4, 0.5) is 5.69 Å². The number of nitrogens with zero attached hydrogens (tertiary/aromatic N) is 1. The van der Waals surface area contributed by atoms with Gasteiger partial charge in [0.05, 0.1) is 10.6 Å². The van der Waals surface area contributed by atoms with Crippen LogP contribution in [0.3, 0.4) is 0 Å². The van der Waals surface area contributed by atoms with Crippen molar-refractivity contribution in [2.45, 2.75) is 44.0 Å². The molecule has 1 fully saturated rings. The lowest BCUT2D eigenvalue weighted by Crippen LogP contribution is -2.43. The predicted molar refractivity (Wildman–Crippen MR) is 129 cm³/mol. The van der Waals surface area contributed by atoms with Crippen LogP contribution in [0.15, 0.2) is 52.3 Å². The molecular weight excluding hydrogens is 428 g/mol. The largest absolute Gasteiger partial charge is 0.349 e. The van der Waals surface area contributed by atoms with Crippen LogP contribution in [-0.2, 0) is 4.79 Å².